The fourth-order valence-corrected chi connectivity index (χ4v) is 3.74. The average Bonchev–Trinajstić information content (AvgIpc) is 2.56. The summed E-state index contributed by atoms with van der Waals surface area (Å²) in [6, 6.07) is 14.3. The lowest BCUT2D eigenvalue weighted by molar-refractivity contribution is 0.229. The zero-order chi connectivity index (χ0) is 21.2. The third-order valence-electron chi connectivity index (χ3n) is 4.77. The molecule has 1 atom stereocenters. The quantitative estimate of drug-likeness (QED) is 0.593. The number of hydrogen-bond acceptors (Lipinski definition) is 3. The lowest BCUT2D eigenvalue weighted by Crippen LogP contribution is -2.23. The largest absolute Gasteiger partial charge is 0.489 e. The van der Waals surface area contributed by atoms with E-state index in [4.69, 9.17) is 9.29 Å². The maximum Gasteiger partial charge on any atom is 0.294 e. The molecule has 1 unspecified atom stereocenters. The van der Waals surface area contributed by atoms with Crippen LogP contribution in [0.15, 0.2) is 53.4 Å². The summed E-state index contributed by atoms with van der Waals surface area (Å²) in [6.07, 6.45) is 1.12. The normalized spacial score (nSPS) is 14.0. The van der Waals surface area contributed by atoms with E-state index in [2.05, 4.69) is 65.8 Å². The lowest BCUT2D eigenvalue weighted by Gasteiger charge is -2.36. The molecule has 0 aliphatic rings. The molecule has 28 heavy (non-hydrogen) atoms. The van der Waals surface area contributed by atoms with Gasteiger partial charge in [-0.05, 0) is 58.6 Å². The molecule has 2 rings (SSSR count). The maximum absolute atomic E-state index is 11.1. The van der Waals surface area contributed by atoms with E-state index in [1.165, 1.54) is 29.8 Å². The van der Waals surface area contributed by atoms with Crippen LogP contribution in [0.2, 0.25) is 0 Å². The number of hydrogen-bond donors (Lipinski definition) is 1. The van der Waals surface area contributed by atoms with Gasteiger partial charge in [-0.15, -0.1) is 0 Å². The molecule has 0 heterocycles. The lowest BCUT2D eigenvalue weighted by atomic mass is 9.69. The van der Waals surface area contributed by atoms with Gasteiger partial charge in [0.2, 0.25) is 0 Å². The van der Waals surface area contributed by atoms with Crippen molar-refractivity contribution in [2.24, 2.45) is 10.8 Å². The average molecular weight is 405 g/mol. The van der Waals surface area contributed by atoms with Crippen LogP contribution in [0, 0.1) is 10.8 Å². The predicted molar refractivity (Wildman–Crippen MR) is 113 cm³/mol. The van der Waals surface area contributed by atoms with Gasteiger partial charge < -0.3 is 4.74 Å². The fraction of sp³-hybridized carbons (Fsp3) is 0.478. The van der Waals surface area contributed by atoms with Crippen molar-refractivity contribution >= 4 is 10.1 Å². The summed E-state index contributed by atoms with van der Waals surface area (Å²) in [5.41, 5.74) is 2.82. The number of rotatable bonds is 6. The highest BCUT2D eigenvalue weighted by Crippen LogP contribution is 2.43. The molecule has 5 heteroatoms. The summed E-state index contributed by atoms with van der Waals surface area (Å²) < 4.78 is 36.9. The molecule has 0 radical (unpaired) electrons. The molecule has 0 aliphatic carbocycles. The molecular formula is C23H32O4S. The minimum absolute atomic E-state index is 0.142. The molecule has 0 fully saturated rings. The van der Waals surface area contributed by atoms with Crippen LogP contribution in [0.5, 0.6) is 5.75 Å². The summed E-state index contributed by atoms with van der Waals surface area (Å²) in [7, 11) is -4.18. The Balaban J connectivity index is 2.07. The second-order valence-electron chi connectivity index (χ2n) is 9.66. The van der Waals surface area contributed by atoms with Gasteiger partial charge in [0.15, 0.2) is 0 Å². The van der Waals surface area contributed by atoms with Crippen LogP contribution in [0.1, 0.15) is 65.0 Å². The van der Waals surface area contributed by atoms with E-state index in [0.29, 0.717) is 18.3 Å². The van der Waals surface area contributed by atoms with Gasteiger partial charge >= 0.3 is 0 Å². The van der Waals surface area contributed by atoms with Gasteiger partial charge in [0.25, 0.3) is 10.1 Å². The molecule has 0 amide bonds. The minimum atomic E-state index is -4.18. The molecule has 0 saturated carbocycles. The Morgan fingerprint density at radius 1 is 0.893 bits per heavy atom. The van der Waals surface area contributed by atoms with Crippen molar-refractivity contribution in [1.82, 2.24) is 0 Å². The topological polar surface area (TPSA) is 63.6 Å². The van der Waals surface area contributed by atoms with Gasteiger partial charge in [0, 0.05) is 0 Å². The first-order valence-electron chi connectivity index (χ1n) is 9.55. The van der Waals surface area contributed by atoms with Crippen LogP contribution in [0.25, 0.3) is 0 Å². The molecule has 0 aliphatic heterocycles. The van der Waals surface area contributed by atoms with E-state index in [1.54, 1.807) is 0 Å². The Hall–Kier alpha value is -1.85. The second-order valence-corrected chi connectivity index (χ2v) is 11.1. The Morgan fingerprint density at radius 2 is 1.43 bits per heavy atom. The standard InChI is InChI=1S/C23H32O4S/c1-22(2,3)15-21(23(4,5)6)18-9-7-17(8-10-18)16-27-19-11-13-20(14-12-19)28(24,25)26/h7-14,21H,15-16H2,1-6H3,(H,24,25,26). The smallest absolute Gasteiger partial charge is 0.294 e. The molecule has 154 valence electrons. The van der Waals surface area contributed by atoms with E-state index >= 15 is 0 Å². The summed E-state index contributed by atoms with van der Waals surface area (Å²) in [5.74, 6) is 1.02. The highest BCUT2D eigenvalue weighted by Gasteiger charge is 2.30. The van der Waals surface area contributed by atoms with E-state index in [1.807, 2.05) is 0 Å². The van der Waals surface area contributed by atoms with Crippen LogP contribution in [-0.2, 0) is 16.7 Å². The first kappa shape index (κ1) is 22.4. The second kappa shape index (κ2) is 8.26. The Bertz CT molecular complexity index is 868. The Kier molecular flexibility index (Phi) is 6.62. The first-order chi connectivity index (χ1) is 12.8. The highest BCUT2D eigenvalue weighted by molar-refractivity contribution is 7.85. The monoisotopic (exact) mass is 404 g/mol. The van der Waals surface area contributed by atoms with Crippen molar-refractivity contribution in [3.63, 3.8) is 0 Å². The van der Waals surface area contributed by atoms with Crippen LogP contribution in [0.4, 0.5) is 0 Å². The molecule has 1 N–H and O–H groups in total. The summed E-state index contributed by atoms with van der Waals surface area (Å²) >= 11 is 0. The third-order valence-corrected chi connectivity index (χ3v) is 5.64. The van der Waals surface area contributed by atoms with Gasteiger partial charge in [0.05, 0.1) is 4.90 Å². The molecule has 2 aromatic rings. The Morgan fingerprint density at radius 3 is 1.86 bits per heavy atom. The van der Waals surface area contributed by atoms with Crippen LogP contribution in [-0.4, -0.2) is 13.0 Å². The number of benzene rings is 2. The van der Waals surface area contributed by atoms with Gasteiger partial charge in [-0.25, -0.2) is 0 Å². The third kappa shape index (κ3) is 6.64. The predicted octanol–water partition coefficient (Wildman–Crippen LogP) is 6.08. The van der Waals surface area contributed by atoms with E-state index in [9.17, 15) is 8.42 Å². The molecule has 0 saturated heterocycles. The summed E-state index contributed by atoms with van der Waals surface area (Å²) in [6.45, 7) is 14.1. The minimum Gasteiger partial charge on any atom is -0.489 e. The van der Waals surface area contributed by atoms with Gasteiger partial charge in [-0.1, -0.05) is 65.8 Å². The zero-order valence-electron chi connectivity index (χ0n) is 17.7. The zero-order valence-corrected chi connectivity index (χ0v) is 18.5. The van der Waals surface area contributed by atoms with Crippen LogP contribution >= 0.6 is 0 Å². The van der Waals surface area contributed by atoms with Crippen LogP contribution < -0.4 is 4.74 Å². The van der Waals surface area contributed by atoms with Crippen molar-refractivity contribution in [3.05, 3.63) is 59.7 Å². The molecule has 2 aromatic carbocycles. The fourth-order valence-electron chi connectivity index (χ4n) is 3.26. The number of ether oxygens (including phenoxy) is 1. The van der Waals surface area contributed by atoms with E-state index in [0.717, 1.165) is 12.0 Å². The summed E-state index contributed by atoms with van der Waals surface area (Å²) in [5, 5.41) is 0. The van der Waals surface area contributed by atoms with Gasteiger partial charge in [0.1, 0.15) is 12.4 Å². The summed E-state index contributed by atoms with van der Waals surface area (Å²) in [4.78, 5) is -0.142. The van der Waals surface area contributed by atoms with Gasteiger partial charge in [-0.3, -0.25) is 4.55 Å². The first-order valence-corrected chi connectivity index (χ1v) is 11.0. The molecule has 0 aromatic heterocycles. The van der Waals surface area contributed by atoms with Crippen LogP contribution in [0.3, 0.4) is 0 Å². The van der Waals surface area contributed by atoms with Crippen molar-refractivity contribution in [1.29, 1.82) is 0 Å². The molecular weight excluding hydrogens is 372 g/mol. The molecule has 0 spiro atoms. The maximum atomic E-state index is 11.1. The van der Waals surface area contributed by atoms with Crippen molar-refractivity contribution in [3.8, 4) is 5.75 Å². The Labute approximate surface area is 169 Å². The van der Waals surface area contributed by atoms with Gasteiger partial charge in [-0.2, -0.15) is 8.42 Å². The van der Waals surface area contributed by atoms with E-state index < -0.39 is 10.1 Å². The highest BCUT2D eigenvalue weighted by atomic mass is 32.2. The SMILES string of the molecule is CC(C)(C)CC(c1ccc(COc2ccc(S(=O)(=O)O)cc2)cc1)C(C)(C)C. The van der Waals surface area contributed by atoms with E-state index in [-0.39, 0.29) is 15.7 Å². The molecule has 0 bridgehead atoms. The van der Waals surface area contributed by atoms with Crippen molar-refractivity contribution in [2.75, 3.05) is 0 Å². The molecule has 4 nitrogen and oxygen atoms in total. The van der Waals surface area contributed by atoms with Crippen molar-refractivity contribution in [2.45, 2.75) is 65.4 Å². The van der Waals surface area contributed by atoms with Crippen molar-refractivity contribution < 1.29 is 17.7 Å².